The quantitative estimate of drug-likeness (QED) is 0.188. The Bertz CT molecular complexity index is 1290. The maximum Gasteiger partial charge on any atom is 0.397 e. The van der Waals surface area contributed by atoms with Gasteiger partial charge in [0.25, 0.3) is 0 Å². The van der Waals surface area contributed by atoms with Gasteiger partial charge in [0.05, 0.1) is 6.42 Å². The first-order valence-corrected chi connectivity index (χ1v) is 13.0. The summed E-state index contributed by atoms with van der Waals surface area (Å²) in [6, 6.07) is 8.00. The standard InChI is InChI=1S/C30H28F8O/c1-2-3-19-8-11-23(28(35)27(19)34)20-9-10-22(24(31)14-20)18-6-4-17(5-7-18)12-13-30(37,38)39-21-15-25(32)29(36)26(33)16-21/h8-11,14-18H,2-7,12-13H2,1H3. The van der Waals surface area contributed by atoms with Crippen LogP contribution in [0.3, 0.4) is 0 Å². The maximum atomic E-state index is 15.0. The minimum absolute atomic E-state index is 0.0178. The summed E-state index contributed by atoms with van der Waals surface area (Å²) in [5.74, 6) is -8.53. The van der Waals surface area contributed by atoms with Gasteiger partial charge in [-0.1, -0.05) is 37.6 Å². The molecular formula is C30H28F8O. The highest BCUT2D eigenvalue weighted by molar-refractivity contribution is 5.65. The van der Waals surface area contributed by atoms with Gasteiger partial charge in [-0.3, -0.25) is 0 Å². The SMILES string of the molecule is CCCc1ccc(-c2ccc(C3CCC(CCC(F)(F)Oc4cc(F)c(F)c(F)c4)CC3)c(F)c2)c(F)c1F. The fourth-order valence-electron chi connectivity index (χ4n) is 5.25. The van der Waals surface area contributed by atoms with E-state index in [1.807, 2.05) is 6.92 Å². The molecule has 9 heteroatoms. The van der Waals surface area contributed by atoms with Crippen molar-refractivity contribution in [2.75, 3.05) is 0 Å². The first kappa shape index (κ1) is 28.9. The largest absolute Gasteiger partial charge is 0.432 e. The lowest BCUT2D eigenvalue weighted by atomic mass is 9.77. The van der Waals surface area contributed by atoms with Crippen molar-refractivity contribution in [1.82, 2.24) is 0 Å². The molecule has 0 amide bonds. The topological polar surface area (TPSA) is 9.23 Å². The number of alkyl halides is 2. The summed E-state index contributed by atoms with van der Waals surface area (Å²) >= 11 is 0. The van der Waals surface area contributed by atoms with Gasteiger partial charge in [-0.05, 0) is 73.1 Å². The number of hydrogen-bond acceptors (Lipinski definition) is 1. The van der Waals surface area contributed by atoms with Crippen molar-refractivity contribution in [3.05, 3.63) is 88.5 Å². The molecule has 1 aliphatic carbocycles. The van der Waals surface area contributed by atoms with E-state index in [4.69, 9.17) is 0 Å². The highest BCUT2D eigenvalue weighted by Crippen LogP contribution is 2.41. The molecule has 0 aliphatic heterocycles. The van der Waals surface area contributed by atoms with E-state index in [0.29, 0.717) is 56.2 Å². The van der Waals surface area contributed by atoms with Crippen LogP contribution in [0.1, 0.15) is 68.9 Å². The van der Waals surface area contributed by atoms with Crippen molar-refractivity contribution in [2.45, 2.75) is 70.3 Å². The van der Waals surface area contributed by atoms with E-state index in [1.165, 1.54) is 18.2 Å². The first-order valence-electron chi connectivity index (χ1n) is 13.0. The molecule has 4 rings (SSSR count). The summed E-state index contributed by atoms with van der Waals surface area (Å²) in [5.41, 5.74) is 0.924. The van der Waals surface area contributed by atoms with Gasteiger partial charge in [-0.2, -0.15) is 8.78 Å². The Morgan fingerprint density at radius 1 is 0.769 bits per heavy atom. The smallest absolute Gasteiger partial charge is 0.397 e. The number of aryl methyl sites for hydroxylation is 1. The average Bonchev–Trinajstić information content (AvgIpc) is 2.89. The van der Waals surface area contributed by atoms with Crippen molar-refractivity contribution >= 4 is 0 Å². The lowest BCUT2D eigenvalue weighted by Gasteiger charge is -2.30. The van der Waals surface area contributed by atoms with Crippen LogP contribution in [0.25, 0.3) is 11.1 Å². The second kappa shape index (κ2) is 12.0. The van der Waals surface area contributed by atoms with Gasteiger partial charge in [0.2, 0.25) is 0 Å². The van der Waals surface area contributed by atoms with Crippen LogP contribution in [0.5, 0.6) is 5.75 Å². The summed E-state index contributed by atoms with van der Waals surface area (Å²) in [6.45, 7) is 1.86. The predicted octanol–water partition coefficient (Wildman–Crippen LogP) is 9.87. The molecule has 210 valence electrons. The molecule has 0 bridgehead atoms. The van der Waals surface area contributed by atoms with Crippen LogP contribution in [0.15, 0.2) is 42.5 Å². The second-order valence-corrected chi connectivity index (χ2v) is 10.1. The van der Waals surface area contributed by atoms with Crippen molar-refractivity contribution < 1.29 is 39.9 Å². The van der Waals surface area contributed by atoms with Crippen molar-refractivity contribution in [1.29, 1.82) is 0 Å². The fraction of sp³-hybridized carbons (Fsp3) is 0.400. The zero-order chi connectivity index (χ0) is 28.3. The Kier molecular flexibility index (Phi) is 8.86. The zero-order valence-electron chi connectivity index (χ0n) is 21.3. The summed E-state index contributed by atoms with van der Waals surface area (Å²) in [6.07, 6.45) is -1.06. The van der Waals surface area contributed by atoms with E-state index < -0.39 is 53.2 Å². The van der Waals surface area contributed by atoms with E-state index in [2.05, 4.69) is 4.74 Å². The number of halogens is 8. The van der Waals surface area contributed by atoms with Crippen LogP contribution in [0.4, 0.5) is 35.1 Å². The van der Waals surface area contributed by atoms with Crippen molar-refractivity contribution in [3.63, 3.8) is 0 Å². The minimum Gasteiger partial charge on any atom is -0.432 e. The number of ether oxygens (including phenoxy) is 1. The Hall–Kier alpha value is -3.10. The highest BCUT2D eigenvalue weighted by atomic mass is 19.3. The Balaban J connectivity index is 1.34. The summed E-state index contributed by atoms with van der Waals surface area (Å²) in [4.78, 5) is 0. The number of rotatable bonds is 9. The number of hydrogen-bond donors (Lipinski definition) is 0. The molecule has 0 saturated heterocycles. The molecule has 0 spiro atoms. The Morgan fingerprint density at radius 3 is 2.05 bits per heavy atom. The second-order valence-electron chi connectivity index (χ2n) is 10.1. The first-order chi connectivity index (χ1) is 18.5. The molecule has 0 radical (unpaired) electrons. The monoisotopic (exact) mass is 556 g/mol. The van der Waals surface area contributed by atoms with Crippen LogP contribution in [-0.2, 0) is 6.42 Å². The van der Waals surface area contributed by atoms with Crippen molar-refractivity contribution in [3.8, 4) is 16.9 Å². The third-order valence-corrected chi connectivity index (χ3v) is 7.35. The van der Waals surface area contributed by atoms with Crippen LogP contribution >= 0.6 is 0 Å². The van der Waals surface area contributed by atoms with E-state index in [9.17, 15) is 30.7 Å². The molecule has 0 atom stereocenters. The molecule has 3 aromatic carbocycles. The van der Waals surface area contributed by atoms with Gasteiger partial charge in [-0.25, -0.2) is 26.3 Å². The van der Waals surface area contributed by atoms with Crippen molar-refractivity contribution in [2.24, 2.45) is 5.92 Å². The number of benzene rings is 3. The van der Waals surface area contributed by atoms with Gasteiger partial charge in [0, 0.05) is 17.7 Å². The summed E-state index contributed by atoms with van der Waals surface area (Å²) in [7, 11) is 0. The lowest BCUT2D eigenvalue weighted by Crippen LogP contribution is -2.26. The molecule has 39 heavy (non-hydrogen) atoms. The van der Waals surface area contributed by atoms with Gasteiger partial charge in [0.1, 0.15) is 11.6 Å². The van der Waals surface area contributed by atoms with Gasteiger partial charge in [0.15, 0.2) is 29.1 Å². The van der Waals surface area contributed by atoms with Gasteiger partial charge in [-0.15, -0.1) is 0 Å². The molecule has 3 aromatic rings. The van der Waals surface area contributed by atoms with E-state index in [-0.39, 0.29) is 34.9 Å². The third-order valence-electron chi connectivity index (χ3n) is 7.35. The third kappa shape index (κ3) is 6.73. The molecule has 1 fully saturated rings. The minimum atomic E-state index is -3.71. The van der Waals surface area contributed by atoms with Crippen LogP contribution in [0.2, 0.25) is 0 Å². The normalized spacial score (nSPS) is 17.9. The predicted molar refractivity (Wildman–Crippen MR) is 132 cm³/mol. The van der Waals surface area contributed by atoms with E-state index in [0.717, 1.165) is 0 Å². The molecule has 0 unspecified atom stereocenters. The van der Waals surface area contributed by atoms with Crippen LogP contribution < -0.4 is 4.74 Å². The Morgan fingerprint density at radius 2 is 1.44 bits per heavy atom. The van der Waals surface area contributed by atoms with E-state index >= 15 is 4.39 Å². The molecule has 1 aliphatic rings. The van der Waals surface area contributed by atoms with Crippen LogP contribution in [-0.4, -0.2) is 6.11 Å². The summed E-state index contributed by atoms with van der Waals surface area (Å²) in [5, 5.41) is 0. The molecule has 1 nitrogen and oxygen atoms in total. The fourth-order valence-corrected chi connectivity index (χ4v) is 5.25. The van der Waals surface area contributed by atoms with Crippen LogP contribution in [0, 0.1) is 40.8 Å². The molecule has 0 heterocycles. The van der Waals surface area contributed by atoms with Gasteiger partial charge >= 0.3 is 6.11 Å². The molecule has 1 saturated carbocycles. The average molecular weight is 557 g/mol. The molecule has 0 N–H and O–H groups in total. The lowest BCUT2D eigenvalue weighted by molar-refractivity contribution is -0.183. The summed E-state index contributed by atoms with van der Waals surface area (Å²) < 4.78 is 117. The molecular weight excluding hydrogens is 528 g/mol. The zero-order valence-corrected chi connectivity index (χ0v) is 21.3. The Labute approximate surface area is 221 Å². The highest BCUT2D eigenvalue weighted by Gasteiger charge is 2.34. The molecule has 0 aromatic heterocycles. The van der Waals surface area contributed by atoms with Gasteiger partial charge < -0.3 is 4.74 Å². The van der Waals surface area contributed by atoms with E-state index in [1.54, 1.807) is 12.1 Å². The maximum absolute atomic E-state index is 15.0.